The number of benzene rings is 3. The summed E-state index contributed by atoms with van der Waals surface area (Å²) in [5, 5.41) is 21.5. The van der Waals surface area contributed by atoms with Gasteiger partial charge in [0.2, 0.25) is 29.5 Å². The molecule has 586 valence electrons. The van der Waals surface area contributed by atoms with Gasteiger partial charge in [0.05, 0.1) is 55.1 Å². The fourth-order valence-electron chi connectivity index (χ4n) is 12.1. The van der Waals surface area contributed by atoms with Crippen LogP contribution < -0.4 is 31.9 Å². The summed E-state index contributed by atoms with van der Waals surface area (Å²) in [6, 6.07) is 21.9. The standard InChI is InChI=1S/C29H38N6O3S2.C27H33N5O3S2.C24H30N4O3S2/c1-29(2,3)23-16-30-25(38-23)19-39-26-17-31-28(40-26)33-22-8-6-15-35(18-22)27(37)20-10-12-21(13-11-20)32-24(36)9-7-14-34(4)5;1-5-22(33)28-13-18-8-10-19(11-9-18)25(34)32-12-6-7-20(16-32)31-26-30-15-24(37-26)36-17-23-29-14-21(35-23)27(2,3)4;1-2-21(29)26-19-7-5-18(6-8-19)23(30)28-11-3-4-20(15-28)27-24-25-14-22(33-24)32-16-17-9-12-31-13-10-17/h7,9-13,16-17,22H,6,8,14-15,18-19H2,1-5H3,(H,31,33)(H,32,36);5,8-11,14-15,20H,1,6-7,12-13,16-17H2,2-4H3,(H,28,33)(H,30,31);2,5-8,14,17,20H,1,3-4,9-13,15-16H2,(H,25,27)(H,26,29)/b9-7+;;/t22-;2*20-/m111/s1. The number of anilines is 5. The molecule has 4 fully saturated rings. The zero-order valence-electron chi connectivity index (χ0n) is 63.8. The molecule has 8 aromatic rings. The minimum atomic E-state index is -0.272. The Morgan fingerprint density at radius 1 is 0.527 bits per heavy atom. The fourth-order valence-corrected chi connectivity index (χ4v) is 17.9. The second kappa shape index (κ2) is 41.1. The SMILES string of the molecule is C=CC(=O)NCc1ccc(C(=O)N2CCC[C@@H](Nc3ncc(SCc4ncc(C(C)(C)C)o4)s3)C2)cc1.C=CC(=O)Nc1ccc(C(=O)N2CCC[C@@H](Nc3ncc(SCC4CCOCC4)s3)C2)cc1.CN(C)C/C=C/C(=O)Nc1ccc(C(=O)N2CCC[C@@H](Nc3ncc(SCc4ncc(C(C)(C)C)o4)s3)C2)cc1. The van der Waals surface area contributed by atoms with Crippen LogP contribution in [0.5, 0.6) is 0 Å². The largest absolute Gasteiger partial charge is 0.444 e. The molecular formula is C80H101N15O9S6. The number of piperidine rings is 3. The van der Waals surface area contributed by atoms with E-state index in [2.05, 4.69) is 112 Å². The van der Waals surface area contributed by atoms with E-state index in [1.54, 1.807) is 112 Å². The molecule has 6 amide bonds. The van der Waals surface area contributed by atoms with Crippen molar-refractivity contribution in [1.29, 1.82) is 0 Å². The molecule has 0 spiro atoms. The molecule has 4 saturated heterocycles. The van der Waals surface area contributed by atoms with Crippen LogP contribution >= 0.6 is 69.3 Å². The van der Waals surface area contributed by atoms with E-state index in [1.807, 2.05) is 101 Å². The molecule has 0 unspecified atom stereocenters. The van der Waals surface area contributed by atoms with E-state index in [4.69, 9.17) is 13.6 Å². The van der Waals surface area contributed by atoms with Crippen molar-refractivity contribution in [2.24, 2.45) is 5.92 Å². The van der Waals surface area contributed by atoms with Gasteiger partial charge in [-0.25, -0.2) is 24.9 Å². The predicted octanol–water partition coefficient (Wildman–Crippen LogP) is 15.2. The Labute approximate surface area is 669 Å². The summed E-state index contributed by atoms with van der Waals surface area (Å²) in [5.41, 5.74) is 3.99. The molecule has 6 N–H and O–H groups in total. The highest BCUT2D eigenvalue weighted by atomic mass is 32.2. The number of oxazole rings is 2. The maximum Gasteiger partial charge on any atom is 0.253 e. The van der Waals surface area contributed by atoms with Gasteiger partial charge in [0, 0.05) is 134 Å². The van der Waals surface area contributed by atoms with Crippen molar-refractivity contribution in [1.82, 2.24) is 49.8 Å². The molecular weight excluding hydrogens is 1510 g/mol. The fraction of sp³-hybridized carbons (Fsp3) is 0.438. The van der Waals surface area contributed by atoms with Crippen molar-refractivity contribution in [2.45, 2.75) is 153 Å². The lowest BCUT2D eigenvalue weighted by molar-refractivity contribution is -0.116. The molecule has 30 heteroatoms. The van der Waals surface area contributed by atoms with E-state index in [0.29, 0.717) is 84.1 Å². The summed E-state index contributed by atoms with van der Waals surface area (Å²) in [4.78, 5) is 104. The number of nitrogens with one attached hydrogen (secondary N) is 6. The molecule has 0 radical (unpaired) electrons. The number of carbonyl (C=O) groups excluding carboxylic acids is 6. The lowest BCUT2D eigenvalue weighted by atomic mass is 9.94. The van der Waals surface area contributed by atoms with Crippen molar-refractivity contribution in [3.8, 4) is 0 Å². The molecule has 12 rings (SSSR count). The minimum Gasteiger partial charge on any atom is -0.444 e. The highest BCUT2D eigenvalue weighted by Gasteiger charge is 2.30. The Morgan fingerprint density at radius 2 is 0.927 bits per heavy atom. The first-order valence-corrected chi connectivity index (χ1v) is 42.5. The zero-order valence-corrected chi connectivity index (χ0v) is 68.7. The van der Waals surface area contributed by atoms with Gasteiger partial charge in [0.15, 0.2) is 15.4 Å². The molecule has 0 saturated carbocycles. The van der Waals surface area contributed by atoms with Gasteiger partial charge < -0.3 is 65.1 Å². The number of hydrogen-bond donors (Lipinski definition) is 6. The van der Waals surface area contributed by atoms with E-state index in [1.165, 1.54) is 22.4 Å². The van der Waals surface area contributed by atoms with Crippen LogP contribution in [0.1, 0.15) is 153 Å². The van der Waals surface area contributed by atoms with Gasteiger partial charge in [-0.1, -0.05) is 107 Å². The minimum absolute atomic E-state index is 0.00814. The summed E-state index contributed by atoms with van der Waals surface area (Å²) in [5.74, 6) is 5.69. The van der Waals surface area contributed by atoms with E-state index in [0.717, 1.165) is 137 Å². The van der Waals surface area contributed by atoms with E-state index in [-0.39, 0.29) is 64.4 Å². The maximum absolute atomic E-state index is 13.2. The molecule has 24 nitrogen and oxygen atoms in total. The second-order valence-corrected chi connectivity index (χ2v) is 36.4. The predicted molar refractivity (Wildman–Crippen MR) is 444 cm³/mol. The Balaban J connectivity index is 0.000000176. The molecule has 4 aliphatic rings. The molecule has 5 aromatic heterocycles. The van der Waals surface area contributed by atoms with Gasteiger partial charge in [0.1, 0.15) is 11.5 Å². The molecule has 3 atom stereocenters. The Hall–Kier alpha value is -8.62. The third-order valence-electron chi connectivity index (χ3n) is 18.2. The smallest absolute Gasteiger partial charge is 0.253 e. The molecule has 3 aromatic carbocycles. The maximum atomic E-state index is 13.2. The number of thioether (sulfide) groups is 3. The van der Waals surface area contributed by atoms with Crippen LogP contribution in [0.3, 0.4) is 0 Å². The normalized spacial score (nSPS) is 16.9. The topological polar surface area (TPSA) is 288 Å². The molecule has 4 aliphatic heterocycles. The van der Waals surface area contributed by atoms with E-state index in [9.17, 15) is 28.8 Å². The van der Waals surface area contributed by atoms with Crippen LogP contribution in [0.15, 0.2) is 163 Å². The third-order valence-corrected chi connectivity index (χ3v) is 24.8. The molecule has 110 heavy (non-hydrogen) atoms. The third kappa shape index (κ3) is 26.5. The highest BCUT2D eigenvalue weighted by molar-refractivity contribution is 8.01. The van der Waals surface area contributed by atoms with Gasteiger partial charge in [-0.3, -0.25) is 28.8 Å². The quantitative estimate of drug-likeness (QED) is 0.0206. The number of likely N-dealkylation sites (tertiary alicyclic amines) is 3. The lowest BCUT2D eigenvalue weighted by Crippen LogP contribution is -2.45. The van der Waals surface area contributed by atoms with Crippen LogP contribution in [0.4, 0.5) is 26.8 Å². The summed E-state index contributed by atoms with van der Waals surface area (Å²) in [7, 11) is 3.88. The number of aromatic nitrogens is 5. The second-order valence-electron chi connectivity index (χ2n) is 29.5. The lowest BCUT2D eigenvalue weighted by Gasteiger charge is -2.33. The number of thiazole rings is 3. The van der Waals surface area contributed by atoms with Crippen molar-refractivity contribution in [2.75, 3.05) is 105 Å². The number of hydrogen-bond acceptors (Lipinski definition) is 24. The summed E-state index contributed by atoms with van der Waals surface area (Å²) in [6.07, 6.45) is 23.2. The van der Waals surface area contributed by atoms with Gasteiger partial charge in [0.25, 0.3) is 17.7 Å². The average Bonchev–Trinajstić information content (AvgIpc) is 1.57. The van der Waals surface area contributed by atoms with Crippen molar-refractivity contribution >= 4 is 132 Å². The van der Waals surface area contributed by atoms with Gasteiger partial charge >= 0.3 is 0 Å². The Morgan fingerprint density at radius 3 is 1.32 bits per heavy atom. The first kappa shape index (κ1) is 83.8. The van der Waals surface area contributed by atoms with E-state index >= 15 is 0 Å². The summed E-state index contributed by atoms with van der Waals surface area (Å²) < 4.78 is 20.6. The van der Waals surface area contributed by atoms with Crippen LogP contribution in [0.2, 0.25) is 0 Å². The van der Waals surface area contributed by atoms with Gasteiger partial charge in [-0.05, 0) is 150 Å². The first-order valence-electron chi connectivity index (χ1n) is 37.0. The molecule has 0 bridgehead atoms. The van der Waals surface area contributed by atoms with Crippen molar-refractivity contribution < 1.29 is 42.3 Å². The van der Waals surface area contributed by atoms with Crippen LogP contribution in [-0.4, -0.2) is 177 Å². The number of nitrogens with zero attached hydrogens (tertiary/aromatic N) is 9. The number of ether oxygens (including phenoxy) is 1. The van der Waals surface area contributed by atoms with Gasteiger partial charge in [-0.2, -0.15) is 0 Å². The number of rotatable bonds is 27. The zero-order chi connectivity index (χ0) is 78.2. The average molecular weight is 1610 g/mol. The Bertz CT molecular complexity index is 4360. The molecule has 0 aliphatic carbocycles. The summed E-state index contributed by atoms with van der Waals surface area (Å²) in [6.45, 7) is 26.5. The van der Waals surface area contributed by atoms with Crippen LogP contribution in [-0.2, 0) is 48.0 Å². The van der Waals surface area contributed by atoms with Crippen LogP contribution in [0.25, 0.3) is 0 Å². The van der Waals surface area contributed by atoms with E-state index < -0.39 is 0 Å². The number of amides is 6. The van der Waals surface area contributed by atoms with Crippen molar-refractivity contribution in [3.05, 3.63) is 187 Å². The molecule has 9 heterocycles. The van der Waals surface area contributed by atoms with Gasteiger partial charge in [-0.15, -0.1) is 35.3 Å². The first-order chi connectivity index (χ1) is 52.9. The number of carbonyl (C=O) groups is 6. The van der Waals surface area contributed by atoms with Crippen LogP contribution in [0, 0.1) is 5.92 Å². The highest BCUT2D eigenvalue weighted by Crippen LogP contribution is 2.37. The Kier molecular flexibility index (Phi) is 31.3. The summed E-state index contributed by atoms with van der Waals surface area (Å²) >= 11 is 10.1. The number of likely N-dealkylation sites (N-methyl/N-ethyl adjacent to an activating group) is 1. The van der Waals surface area contributed by atoms with Crippen molar-refractivity contribution in [3.63, 3.8) is 0 Å². The monoisotopic (exact) mass is 1610 g/mol.